The van der Waals surface area contributed by atoms with E-state index >= 15 is 0 Å². The van der Waals surface area contributed by atoms with Crippen molar-refractivity contribution in [2.75, 3.05) is 67.6 Å². The topological polar surface area (TPSA) is 98.7 Å². The third kappa shape index (κ3) is 11.2. The standard InChI is InChI=1S/C32H42Cl2N6O3/c1-38(2)19-5-18-35-32(43)29-22-27(23-39(29)3)37-31(42)25-10-12-26(13-11-25)36-30(41)7-4-6-24-8-14-28(15-9-24)40(20-16-33)21-17-34/h8-15,22-23H,4-7,16-21H2,1-3H3,(H,35,43)(H,36,41)(H,37,42). The van der Waals surface area contributed by atoms with E-state index in [9.17, 15) is 14.4 Å². The van der Waals surface area contributed by atoms with Gasteiger partial charge in [-0.3, -0.25) is 14.4 Å². The molecule has 0 aliphatic rings. The summed E-state index contributed by atoms with van der Waals surface area (Å²) in [4.78, 5) is 42.0. The number of amides is 3. The number of hydrogen-bond acceptors (Lipinski definition) is 5. The van der Waals surface area contributed by atoms with E-state index in [0.29, 0.717) is 53.8 Å². The molecule has 3 amide bonds. The number of benzene rings is 2. The van der Waals surface area contributed by atoms with E-state index in [0.717, 1.165) is 43.7 Å². The van der Waals surface area contributed by atoms with Crippen LogP contribution in [0.4, 0.5) is 17.1 Å². The molecular weight excluding hydrogens is 587 g/mol. The van der Waals surface area contributed by atoms with E-state index < -0.39 is 0 Å². The van der Waals surface area contributed by atoms with Gasteiger partial charge in [0.05, 0.1) is 5.69 Å². The summed E-state index contributed by atoms with van der Waals surface area (Å²) >= 11 is 11.8. The van der Waals surface area contributed by atoms with E-state index in [2.05, 4.69) is 50.0 Å². The number of alkyl halides is 2. The lowest BCUT2D eigenvalue weighted by atomic mass is 10.1. The van der Waals surface area contributed by atoms with Crippen LogP contribution in [0.25, 0.3) is 0 Å². The Labute approximate surface area is 264 Å². The maximum absolute atomic E-state index is 12.8. The molecule has 0 fully saturated rings. The summed E-state index contributed by atoms with van der Waals surface area (Å²) in [5.41, 5.74) is 4.30. The van der Waals surface area contributed by atoms with Gasteiger partial charge in [0.15, 0.2) is 0 Å². The highest BCUT2D eigenvalue weighted by atomic mass is 35.5. The first-order chi connectivity index (χ1) is 20.7. The van der Waals surface area contributed by atoms with Crippen LogP contribution in [0.1, 0.15) is 45.7 Å². The van der Waals surface area contributed by atoms with Gasteiger partial charge < -0.3 is 30.3 Å². The summed E-state index contributed by atoms with van der Waals surface area (Å²) in [6.07, 6.45) is 4.44. The van der Waals surface area contributed by atoms with Gasteiger partial charge in [-0.2, -0.15) is 0 Å². The molecule has 1 aromatic heterocycles. The van der Waals surface area contributed by atoms with Gasteiger partial charge in [-0.1, -0.05) is 12.1 Å². The van der Waals surface area contributed by atoms with Crippen LogP contribution >= 0.6 is 23.2 Å². The minimum Gasteiger partial charge on any atom is -0.369 e. The fourth-order valence-electron chi connectivity index (χ4n) is 4.58. The van der Waals surface area contributed by atoms with Gasteiger partial charge in [0.2, 0.25) is 5.91 Å². The van der Waals surface area contributed by atoms with Crippen LogP contribution in [-0.2, 0) is 18.3 Å². The quantitative estimate of drug-likeness (QED) is 0.141. The molecule has 0 aliphatic carbocycles. The number of carbonyl (C=O) groups is 3. The lowest BCUT2D eigenvalue weighted by Gasteiger charge is -2.23. The van der Waals surface area contributed by atoms with Gasteiger partial charge in [0, 0.05) is 68.0 Å². The van der Waals surface area contributed by atoms with Crippen molar-refractivity contribution in [3.63, 3.8) is 0 Å². The van der Waals surface area contributed by atoms with Crippen LogP contribution in [0, 0.1) is 0 Å². The highest BCUT2D eigenvalue weighted by Crippen LogP contribution is 2.18. The molecule has 43 heavy (non-hydrogen) atoms. The zero-order chi connectivity index (χ0) is 31.2. The van der Waals surface area contributed by atoms with Crippen molar-refractivity contribution in [1.82, 2.24) is 14.8 Å². The normalized spacial score (nSPS) is 10.9. The van der Waals surface area contributed by atoms with Crippen molar-refractivity contribution in [1.29, 1.82) is 0 Å². The maximum Gasteiger partial charge on any atom is 0.267 e. The van der Waals surface area contributed by atoms with Gasteiger partial charge >= 0.3 is 0 Å². The lowest BCUT2D eigenvalue weighted by molar-refractivity contribution is -0.116. The van der Waals surface area contributed by atoms with E-state index in [1.807, 2.05) is 14.1 Å². The molecular formula is C32H42Cl2N6O3. The van der Waals surface area contributed by atoms with E-state index in [1.165, 1.54) is 0 Å². The predicted molar refractivity (Wildman–Crippen MR) is 177 cm³/mol. The first-order valence-electron chi connectivity index (χ1n) is 14.5. The molecule has 0 bridgehead atoms. The summed E-state index contributed by atoms with van der Waals surface area (Å²) in [7, 11) is 5.74. The lowest BCUT2D eigenvalue weighted by Crippen LogP contribution is -2.28. The fourth-order valence-corrected chi connectivity index (χ4v) is 4.99. The number of anilines is 3. The van der Waals surface area contributed by atoms with Gasteiger partial charge in [0.25, 0.3) is 11.8 Å². The summed E-state index contributed by atoms with van der Waals surface area (Å²) in [6.45, 7) is 2.94. The molecule has 1 heterocycles. The Hall–Kier alpha value is -3.53. The van der Waals surface area contributed by atoms with Crippen LogP contribution in [0.2, 0.25) is 0 Å². The van der Waals surface area contributed by atoms with Gasteiger partial charge in [-0.25, -0.2) is 0 Å². The second kappa shape index (κ2) is 17.6. The molecule has 232 valence electrons. The largest absolute Gasteiger partial charge is 0.369 e. The molecule has 3 N–H and O–H groups in total. The zero-order valence-electron chi connectivity index (χ0n) is 25.2. The Morgan fingerprint density at radius 1 is 0.814 bits per heavy atom. The summed E-state index contributed by atoms with van der Waals surface area (Å²) in [5, 5.41) is 8.63. The molecule has 0 atom stereocenters. The zero-order valence-corrected chi connectivity index (χ0v) is 26.7. The molecule has 3 aromatic rings. The molecule has 0 spiro atoms. The molecule has 0 saturated heterocycles. The maximum atomic E-state index is 12.8. The SMILES string of the molecule is CN(C)CCCNC(=O)c1cc(NC(=O)c2ccc(NC(=O)CCCc3ccc(N(CCCl)CCCl)cc3)cc2)cn1C. The minimum absolute atomic E-state index is 0.0824. The van der Waals surface area contributed by atoms with Crippen molar-refractivity contribution in [2.24, 2.45) is 7.05 Å². The highest BCUT2D eigenvalue weighted by Gasteiger charge is 2.14. The van der Waals surface area contributed by atoms with Crippen molar-refractivity contribution < 1.29 is 14.4 Å². The fraction of sp³-hybridized carbons (Fsp3) is 0.406. The molecule has 3 rings (SSSR count). The van der Waals surface area contributed by atoms with Crippen molar-refractivity contribution in [2.45, 2.75) is 25.7 Å². The number of halogens is 2. The van der Waals surface area contributed by atoms with E-state index in [1.54, 1.807) is 48.1 Å². The minimum atomic E-state index is -0.305. The number of aryl methyl sites for hydroxylation is 2. The smallest absolute Gasteiger partial charge is 0.267 e. The molecule has 0 unspecified atom stereocenters. The second-order valence-corrected chi connectivity index (χ2v) is 11.4. The monoisotopic (exact) mass is 628 g/mol. The number of aromatic nitrogens is 1. The van der Waals surface area contributed by atoms with E-state index in [4.69, 9.17) is 23.2 Å². The van der Waals surface area contributed by atoms with Crippen LogP contribution in [-0.4, -0.2) is 79.2 Å². The van der Waals surface area contributed by atoms with Gasteiger partial charge in [-0.15, -0.1) is 23.2 Å². The average molecular weight is 630 g/mol. The Morgan fingerprint density at radius 3 is 2.12 bits per heavy atom. The molecule has 0 aliphatic heterocycles. The number of nitrogens with one attached hydrogen (secondary N) is 3. The second-order valence-electron chi connectivity index (χ2n) is 10.6. The molecule has 9 nitrogen and oxygen atoms in total. The Kier molecular flexibility index (Phi) is 13.9. The Balaban J connectivity index is 1.43. The summed E-state index contributed by atoms with van der Waals surface area (Å²) in [6, 6.07) is 16.7. The highest BCUT2D eigenvalue weighted by molar-refractivity contribution is 6.18. The van der Waals surface area contributed by atoms with Gasteiger partial charge in [-0.05, 0) is 87.9 Å². The molecule has 2 aromatic carbocycles. The number of rotatable bonds is 17. The number of hydrogen-bond donors (Lipinski definition) is 3. The number of nitrogens with zero attached hydrogens (tertiary/aromatic N) is 3. The van der Waals surface area contributed by atoms with Crippen molar-refractivity contribution in [3.05, 3.63) is 77.6 Å². The molecule has 11 heteroatoms. The Bertz CT molecular complexity index is 1320. The third-order valence-corrected chi connectivity index (χ3v) is 7.21. The van der Waals surface area contributed by atoms with Crippen molar-refractivity contribution >= 4 is 58.0 Å². The Morgan fingerprint density at radius 2 is 1.49 bits per heavy atom. The van der Waals surface area contributed by atoms with Crippen LogP contribution in [0.5, 0.6) is 0 Å². The first kappa shape index (κ1) is 34.0. The average Bonchev–Trinajstić information content (AvgIpc) is 3.35. The summed E-state index contributed by atoms with van der Waals surface area (Å²) in [5.74, 6) is 0.503. The van der Waals surface area contributed by atoms with Crippen molar-refractivity contribution in [3.8, 4) is 0 Å². The van der Waals surface area contributed by atoms with Crippen LogP contribution < -0.4 is 20.9 Å². The molecule has 0 radical (unpaired) electrons. The van der Waals surface area contributed by atoms with Crippen LogP contribution in [0.15, 0.2) is 60.8 Å². The van der Waals surface area contributed by atoms with Gasteiger partial charge in [0.1, 0.15) is 5.69 Å². The predicted octanol–water partition coefficient (Wildman–Crippen LogP) is 5.20. The first-order valence-corrected chi connectivity index (χ1v) is 15.5. The summed E-state index contributed by atoms with van der Waals surface area (Å²) < 4.78 is 1.68. The number of carbonyl (C=O) groups excluding carboxylic acids is 3. The van der Waals surface area contributed by atoms with Crippen LogP contribution in [0.3, 0.4) is 0 Å². The third-order valence-electron chi connectivity index (χ3n) is 6.87. The van der Waals surface area contributed by atoms with E-state index in [-0.39, 0.29) is 17.7 Å². The molecule has 0 saturated carbocycles.